The van der Waals surface area contributed by atoms with Gasteiger partial charge in [0.05, 0.1) is 13.7 Å². The predicted octanol–water partition coefficient (Wildman–Crippen LogP) is 4.10. The summed E-state index contributed by atoms with van der Waals surface area (Å²) in [5.41, 5.74) is 0.829. The molecular formula is C18H25Cl2FN5O5P. The Balaban J connectivity index is 2.03. The Hall–Kier alpha value is -1.75. The molecule has 0 bridgehead atoms. The molecular weight excluding hydrogens is 487 g/mol. The van der Waals surface area contributed by atoms with E-state index < -0.39 is 18.4 Å². The highest BCUT2D eigenvalue weighted by Crippen LogP contribution is 2.40. The van der Waals surface area contributed by atoms with Gasteiger partial charge in [-0.1, -0.05) is 11.1 Å². The lowest BCUT2D eigenvalue weighted by Crippen LogP contribution is -2.36. The summed E-state index contributed by atoms with van der Waals surface area (Å²) in [5, 5.41) is 16.5. The minimum Gasteiger partial charge on any atom is -0.483 e. The zero-order chi connectivity index (χ0) is 23.9. The first-order chi connectivity index (χ1) is 15.1. The van der Waals surface area contributed by atoms with E-state index in [0.29, 0.717) is 11.3 Å². The van der Waals surface area contributed by atoms with Gasteiger partial charge in [0.15, 0.2) is 17.3 Å². The van der Waals surface area contributed by atoms with Gasteiger partial charge in [-0.3, -0.25) is 4.57 Å². The molecule has 0 aliphatic heterocycles. The summed E-state index contributed by atoms with van der Waals surface area (Å²) in [6.07, 6.45) is 1.29. The van der Waals surface area contributed by atoms with Gasteiger partial charge in [0, 0.05) is 23.8 Å². The fourth-order valence-electron chi connectivity index (χ4n) is 2.57. The van der Waals surface area contributed by atoms with E-state index in [1.807, 2.05) is 0 Å². The molecule has 0 aliphatic carbocycles. The molecule has 0 aliphatic rings. The van der Waals surface area contributed by atoms with E-state index in [2.05, 4.69) is 15.2 Å². The van der Waals surface area contributed by atoms with Crippen molar-refractivity contribution < 1.29 is 23.1 Å². The molecule has 0 saturated carbocycles. The molecule has 1 heterocycles. The number of halogens is 3. The summed E-state index contributed by atoms with van der Waals surface area (Å²) in [4.78, 5) is 13.9. The van der Waals surface area contributed by atoms with Crippen molar-refractivity contribution in [1.29, 1.82) is 0 Å². The summed E-state index contributed by atoms with van der Waals surface area (Å²) in [5.74, 6) is -0.629. The van der Waals surface area contributed by atoms with Gasteiger partial charge in [-0.25, -0.2) is 19.1 Å². The molecule has 2 aromatic rings. The Bertz CT molecular complexity index is 963. The van der Waals surface area contributed by atoms with Crippen LogP contribution in [0.3, 0.4) is 0 Å². The van der Waals surface area contributed by atoms with Crippen LogP contribution in [0.1, 0.15) is 25.1 Å². The average molecular weight is 512 g/mol. The van der Waals surface area contributed by atoms with Crippen molar-refractivity contribution >= 4 is 36.8 Å². The summed E-state index contributed by atoms with van der Waals surface area (Å²) in [6, 6.07) is 3.56. The van der Waals surface area contributed by atoms with Crippen LogP contribution in [0.15, 0.2) is 24.4 Å². The van der Waals surface area contributed by atoms with Gasteiger partial charge in [0.1, 0.15) is 12.8 Å². The lowest BCUT2D eigenvalue weighted by molar-refractivity contribution is -0.396. The third kappa shape index (κ3) is 7.40. The number of hydrogen-bond acceptors (Lipinski definition) is 6. The first-order valence-electron chi connectivity index (χ1n) is 9.56. The molecule has 0 unspecified atom stereocenters. The van der Waals surface area contributed by atoms with Gasteiger partial charge in [0.25, 0.3) is 0 Å². The third-order valence-electron chi connectivity index (χ3n) is 4.25. The number of ether oxygens (including phenoxy) is 1. The Morgan fingerprint density at radius 1 is 1.25 bits per heavy atom. The lowest BCUT2D eigenvalue weighted by atomic mass is 10.2. The number of nitrogens with one attached hydrogen (secondary N) is 2. The van der Waals surface area contributed by atoms with Gasteiger partial charge in [-0.2, -0.15) is 0 Å². The van der Waals surface area contributed by atoms with E-state index >= 15 is 0 Å². The van der Waals surface area contributed by atoms with Crippen LogP contribution in [0.4, 0.5) is 10.3 Å². The number of rotatable bonds is 13. The van der Waals surface area contributed by atoms with Crippen molar-refractivity contribution in [1.82, 2.24) is 19.7 Å². The second kappa shape index (κ2) is 11.9. The number of hydrogen-bond donors (Lipinski definition) is 2. The minimum absolute atomic E-state index is 0.0523. The van der Waals surface area contributed by atoms with Crippen LogP contribution >= 0.6 is 30.9 Å². The van der Waals surface area contributed by atoms with Crippen LogP contribution in [0.25, 0.3) is 0 Å². The van der Waals surface area contributed by atoms with E-state index in [1.165, 1.54) is 29.9 Å². The Labute approximate surface area is 195 Å². The van der Waals surface area contributed by atoms with Crippen LogP contribution in [-0.4, -0.2) is 38.3 Å². The van der Waals surface area contributed by atoms with Gasteiger partial charge in [0.2, 0.25) is 0 Å². The van der Waals surface area contributed by atoms with Gasteiger partial charge >= 0.3 is 13.6 Å². The minimum atomic E-state index is -3.51. The van der Waals surface area contributed by atoms with Crippen LogP contribution in [0, 0.1) is 15.9 Å². The van der Waals surface area contributed by atoms with Crippen molar-refractivity contribution in [3.63, 3.8) is 0 Å². The first kappa shape index (κ1) is 26.5. The van der Waals surface area contributed by atoms with E-state index in [-0.39, 0.29) is 48.8 Å². The van der Waals surface area contributed by atoms with Gasteiger partial charge in [-0.15, -0.1) is 23.2 Å². The molecule has 32 heavy (non-hydrogen) atoms. The molecule has 0 spiro atoms. The maximum absolute atomic E-state index is 14.5. The quantitative estimate of drug-likeness (QED) is 0.178. The van der Waals surface area contributed by atoms with Crippen molar-refractivity contribution in [3.8, 4) is 5.75 Å². The normalized spacial score (nSPS) is 13.7. The molecule has 0 saturated heterocycles. The molecule has 1 aromatic heterocycles. The summed E-state index contributed by atoms with van der Waals surface area (Å²) in [7, 11) is -2.04. The monoisotopic (exact) mass is 511 g/mol. The molecule has 178 valence electrons. The maximum Gasteiger partial charge on any atom is 0.434 e. The Kier molecular flexibility index (Phi) is 9.87. The lowest BCUT2D eigenvalue weighted by Gasteiger charge is -2.25. The highest BCUT2D eigenvalue weighted by molar-refractivity contribution is 7.54. The number of alkyl halides is 2. The molecule has 0 fully saturated rings. The topological polar surface area (TPSA) is 121 Å². The maximum atomic E-state index is 14.5. The van der Waals surface area contributed by atoms with Crippen LogP contribution < -0.4 is 14.9 Å². The highest BCUT2D eigenvalue weighted by Gasteiger charge is 2.27. The third-order valence-corrected chi connectivity index (χ3v) is 7.23. The van der Waals surface area contributed by atoms with E-state index in [4.69, 9.17) is 32.5 Å². The molecule has 1 aromatic carbocycles. The van der Waals surface area contributed by atoms with Gasteiger partial charge in [-0.05, 0) is 36.5 Å². The van der Waals surface area contributed by atoms with Gasteiger partial charge < -0.3 is 19.4 Å². The van der Waals surface area contributed by atoms with E-state index in [0.717, 1.165) is 0 Å². The van der Waals surface area contributed by atoms with Crippen molar-refractivity contribution in [3.05, 3.63) is 51.6 Å². The summed E-state index contributed by atoms with van der Waals surface area (Å²) < 4.78 is 39.8. The SMILES string of the molecule is C[C@H](CCl)NP(=O)(N[C@H](C)CCl)OCc1ccc(OCc2cnc([N+](=O)[O-])n2C)c(F)c1. The first-order valence-corrected chi connectivity index (χ1v) is 12.3. The highest BCUT2D eigenvalue weighted by atomic mass is 35.5. The Morgan fingerprint density at radius 2 is 1.88 bits per heavy atom. The van der Waals surface area contributed by atoms with Crippen LogP contribution in [-0.2, 0) is 29.4 Å². The number of aromatic nitrogens is 2. The summed E-state index contributed by atoms with van der Waals surface area (Å²) in [6.45, 7) is 3.24. The fourth-order valence-corrected chi connectivity index (χ4v) is 4.83. The number of imidazole rings is 1. The molecule has 2 rings (SSSR count). The van der Waals surface area contributed by atoms with E-state index in [9.17, 15) is 19.1 Å². The second-order valence-electron chi connectivity index (χ2n) is 7.11. The van der Waals surface area contributed by atoms with Crippen LogP contribution in [0.5, 0.6) is 5.75 Å². The predicted molar refractivity (Wildman–Crippen MR) is 120 cm³/mol. The molecule has 0 radical (unpaired) electrons. The standard InChI is InChI=1S/C18H25Cl2FN5O5P/c1-12(7-19)23-32(29,24-13(2)8-20)31-10-14-4-5-17(16(21)6-14)30-11-15-9-22-18(25(15)3)26(27)28/h4-6,9,12-13H,7-8,10-11H2,1-3H3,(H2,23,24,29)/t12-,13-/m1/s1. The molecule has 2 atom stereocenters. The molecule has 0 amide bonds. The second-order valence-corrected chi connectivity index (χ2v) is 9.61. The van der Waals surface area contributed by atoms with E-state index in [1.54, 1.807) is 19.9 Å². The zero-order valence-corrected chi connectivity index (χ0v) is 20.2. The van der Waals surface area contributed by atoms with Crippen molar-refractivity contribution in [2.45, 2.75) is 39.1 Å². The number of nitro groups is 1. The fraction of sp³-hybridized carbons (Fsp3) is 0.500. The van der Waals surface area contributed by atoms with Crippen LogP contribution in [0.2, 0.25) is 0 Å². The van der Waals surface area contributed by atoms with Crippen molar-refractivity contribution in [2.75, 3.05) is 11.8 Å². The average Bonchev–Trinajstić information content (AvgIpc) is 3.12. The molecule has 2 N–H and O–H groups in total. The smallest absolute Gasteiger partial charge is 0.434 e. The van der Waals surface area contributed by atoms with Crippen molar-refractivity contribution in [2.24, 2.45) is 7.05 Å². The molecule has 14 heteroatoms. The molecule has 10 nitrogen and oxygen atoms in total. The zero-order valence-electron chi connectivity index (χ0n) is 17.8. The number of benzene rings is 1. The summed E-state index contributed by atoms with van der Waals surface area (Å²) >= 11 is 11.6. The Morgan fingerprint density at radius 3 is 2.38 bits per heavy atom. The largest absolute Gasteiger partial charge is 0.483 e. The number of nitrogens with zero attached hydrogens (tertiary/aromatic N) is 3.